The van der Waals surface area contributed by atoms with Crippen molar-refractivity contribution in [2.45, 2.75) is 19.1 Å². The summed E-state index contributed by atoms with van der Waals surface area (Å²) in [6, 6.07) is 21.4. The fraction of sp³-hybridized carbons (Fsp3) is 0.182. The number of aromatic nitrogens is 1. The Bertz CT molecular complexity index is 950. The first kappa shape index (κ1) is 20.5. The molecule has 28 heavy (non-hydrogen) atoms. The molecular formula is C22H19BrClNO3. The summed E-state index contributed by atoms with van der Waals surface area (Å²) < 4.78 is 11.9. The molecule has 4 nitrogen and oxygen atoms in total. The minimum Gasteiger partial charge on any atom is -0.465 e. The van der Waals surface area contributed by atoms with Gasteiger partial charge in [0.25, 0.3) is 0 Å². The largest absolute Gasteiger partial charge is 0.465 e. The summed E-state index contributed by atoms with van der Waals surface area (Å²) in [5.41, 5.74) is 3.06. The van der Waals surface area contributed by atoms with Gasteiger partial charge in [-0.1, -0.05) is 70.0 Å². The number of methoxy groups -OCH3 is 1. The van der Waals surface area contributed by atoms with Crippen molar-refractivity contribution >= 4 is 33.5 Å². The number of hydrogen-bond donors (Lipinski definition) is 0. The van der Waals surface area contributed by atoms with Gasteiger partial charge in [-0.25, -0.2) is 9.78 Å². The molecule has 0 radical (unpaired) electrons. The van der Waals surface area contributed by atoms with Gasteiger partial charge in [0.15, 0.2) is 0 Å². The van der Waals surface area contributed by atoms with E-state index in [0.717, 1.165) is 15.6 Å². The Morgan fingerprint density at radius 3 is 2.50 bits per heavy atom. The Hall–Kier alpha value is -2.21. The van der Waals surface area contributed by atoms with E-state index in [0.29, 0.717) is 18.7 Å². The lowest BCUT2D eigenvalue weighted by Crippen LogP contribution is -2.12. The third kappa shape index (κ3) is 5.41. The number of ether oxygens (including phenoxy) is 2. The molecule has 1 unspecified atom stereocenters. The molecule has 0 bridgehead atoms. The molecule has 3 aromatic rings. The first-order valence-electron chi connectivity index (χ1n) is 8.71. The molecular weight excluding hydrogens is 442 g/mol. The molecule has 0 fully saturated rings. The highest BCUT2D eigenvalue weighted by Gasteiger charge is 2.19. The van der Waals surface area contributed by atoms with E-state index in [1.807, 2.05) is 54.6 Å². The quantitative estimate of drug-likeness (QED) is 0.331. The second-order valence-corrected chi connectivity index (χ2v) is 7.46. The van der Waals surface area contributed by atoms with Crippen LogP contribution >= 0.6 is 27.5 Å². The van der Waals surface area contributed by atoms with Gasteiger partial charge < -0.3 is 9.47 Å². The molecule has 6 heteroatoms. The molecule has 1 heterocycles. The topological polar surface area (TPSA) is 48.4 Å². The summed E-state index contributed by atoms with van der Waals surface area (Å²) in [6.45, 7) is 0.442. The summed E-state index contributed by atoms with van der Waals surface area (Å²) in [4.78, 5) is 16.2. The number of carbonyl (C=O) groups excluding carboxylic acids is 1. The van der Waals surface area contributed by atoms with E-state index in [4.69, 9.17) is 21.1 Å². The Kier molecular flexibility index (Phi) is 7.20. The van der Waals surface area contributed by atoms with Gasteiger partial charge in [-0.05, 0) is 35.4 Å². The van der Waals surface area contributed by atoms with E-state index in [9.17, 15) is 4.79 Å². The Labute approximate surface area is 177 Å². The third-order valence-electron chi connectivity index (χ3n) is 4.21. The Morgan fingerprint density at radius 2 is 1.82 bits per heavy atom. The highest BCUT2D eigenvalue weighted by Crippen LogP contribution is 2.26. The molecule has 0 amide bonds. The van der Waals surface area contributed by atoms with Gasteiger partial charge in [0.2, 0.25) is 0 Å². The smallest absolute Gasteiger partial charge is 0.341 e. The zero-order chi connectivity index (χ0) is 19.9. The molecule has 0 saturated heterocycles. The van der Waals surface area contributed by atoms with Crippen molar-refractivity contribution in [3.8, 4) is 0 Å². The van der Waals surface area contributed by atoms with Gasteiger partial charge >= 0.3 is 5.97 Å². The first-order chi connectivity index (χ1) is 13.6. The zero-order valence-corrected chi connectivity index (χ0v) is 17.6. The molecule has 0 aliphatic heterocycles. The van der Waals surface area contributed by atoms with E-state index < -0.39 is 5.97 Å². The van der Waals surface area contributed by atoms with Crippen LogP contribution in [0.5, 0.6) is 0 Å². The van der Waals surface area contributed by atoms with Gasteiger partial charge in [-0.3, -0.25) is 0 Å². The number of pyridine rings is 1. The van der Waals surface area contributed by atoms with Crippen molar-refractivity contribution in [3.05, 3.63) is 98.7 Å². The van der Waals surface area contributed by atoms with Crippen molar-refractivity contribution in [1.29, 1.82) is 0 Å². The summed E-state index contributed by atoms with van der Waals surface area (Å²) in [5.74, 6) is -0.516. The van der Waals surface area contributed by atoms with E-state index in [2.05, 4.69) is 20.9 Å². The van der Waals surface area contributed by atoms with Crippen molar-refractivity contribution < 1.29 is 14.3 Å². The minimum absolute atomic E-state index is 0.104. The monoisotopic (exact) mass is 459 g/mol. The number of carbonyl (C=O) groups is 1. The Morgan fingerprint density at radius 1 is 1.07 bits per heavy atom. The van der Waals surface area contributed by atoms with Crippen LogP contribution in [0.4, 0.5) is 0 Å². The summed E-state index contributed by atoms with van der Waals surface area (Å²) in [5, 5.41) is 0.104. The van der Waals surface area contributed by atoms with Gasteiger partial charge in [0.05, 0.1) is 25.0 Å². The van der Waals surface area contributed by atoms with Crippen LogP contribution in [-0.2, 0) is 22.5 Å². The molecule has 0 spiro atoms. The van der Waals surface area contributed by atoms with E-state index in [-0.39, 0.29) is 16.8 Å². The van der Waals surface area contributed by atoms with E-state index >= 15 is 0 Å². The molecule has 0 aliphatic rings. The van der Waals surface area contributed by atoms with Gasteiger partial charge in [0.1, 0.15) is 11.3 Å². The molecule has 0 aliphatic carbocycles. The van der Waals surface area contributed by atoms with Crippen LogP contribution < -0.4 is 0 Å². The second-order valence-electron chi connectivity index (χ2n) is 6.19. The van der Waals surface area contributed by atoms with E-state index in [1.54, 1.807) is 12.1 Å². The predicted octanol–water partition coefficient (Wildman–Crippen LogP) is 5.78. The summed E-state index contributed by atoms with van der Waals surface area (Å²) in [7, 11) is 1.31. The normalized spacial score (nSPS) is 11.8. The van der Waals surface area contributed by atoms with Crippen molar-refractivity contribution in [2.75, 3.05) is 7.11 Å². The second kappa shape index (κ2) is 9.82. The maximum Gasteiger partial charge on any atom is 0.341 e. The van der Waals surface area contributed by atoms with Gasteiger partial charge in [0, 0.05) is 10.9 Å². The van der Waals surface area contributed by atoms with Crippen LogP contribution in [-0.4, -0.2) is 18.1 Å². The fourth-order valence-electron chi connectivity index (χ4n) is 2.79. The molecule has 144 valence electrons. The fourth-order valence-corrected chi connectivity index (χ4v) is 3.47. The average molecular weight is 461 g/mol. The standard InChI is InChI=1S/C22H19BrClNO3/c1-27-22(26)18-10-11-19(25-21(18)24)20(13-16-8-5-9-17(23)12-16)28-14-15-6-3-2-4-7-15/h2-12,20H,13-14H2,1H3. The van der Waals surface area contributed by atoms with Crippen molar-refractivity contribution in [2.24, 2.45) is 0 Å². The zero-order valence-electron chi connectivity index (χ0n) is 15.3. The highest BCUT2D eigenvalue weighted by atomic mass is 79.9. The minimum atomic E-state index is -0.516. The van der Waals surface area contributed by atoms with Crippen LogP contribution in [0.2, 0.25) is 5.15 Å². The summed E-state index contributed by atoms with van der Waals surface area (Å²) in [6.07, 6.45) is 0.298. The molecule has 1 atom stereocenters. The third-order valence-corrected chi connectivity index (χ3v) is 4.99. The number of esters is 1. The van der Waals surface area contributed by atoms with Crippen LogP contribution in [0.15, 0.2) is 71.2 Å². The molecule has 2 aromatic carbocycles. The maximum atomic E-state index is 11.8. The average Bonchev–Trinajstić information content (AvgIpc) is 2.71. The number of benzene rings is 2. The van der Waals surface area contributed by atoms with Crippen LogP contribution in [0.25, 0.3) is 0 Å². The van der Waals surface area contributed by atoms with Crippen LogP contribution in [0.3, 0.4) is 0 Å². The number of halogens is 2. The van der Waals surface area contributed by atoms with Crippen LogP contribution in [0.1, 0.15) is 33.3 Å². The predicted molar refractivity (Wildman–Crippen MR) is 112 cm³/mol. The van der Waals surface area contributed by atoms with E-state index in [1.165, 1.54) is 7.11 Å². The first-order valence-corrected chi connectivity index (χ1v) is 9.88. The summed E-state index contributed by atoms with van der Waals surface area (Å²) >= 11 is 9.72. The van der Waals surface area contributed by atoms with Crippen molar-refractivity contribution in [1.82, 2.24) is 4.98 Å². The molecule has 0 N–H and O–H groups in total. The van der Waals surface area contributed by atoms with Crippen molar-refractivity contribution in [3.63, 3.8) is 0 Å². The molecule has 3 rings (SSSR count). The number of hydrogen-bond acceptors (Lipinski definition) is 4. The van der Waals surface area contributed by atoms with Gasteiger partial charge in [-0.15, -0.1) is 0 Å². The number of rotatable bonds is 7. The number of nitrogens with zero attached hydrogens (tertiary/aromatic N) is 1. The SMILES string of the molecule is COC(=O)c1ccc(C(Cc2cccc(Br)c2)OCc2ccccc2)nc1Cl. The molecule has 0 saturated carbocycles. The molecule has 1 aromatic heterocycles. The lowest BCUT2D eigenvalue weighted by atomic mass is 10.0. The highest BCUT2D eigenvalue weighted by molar-refractivity contribution is 9.10. The Balaban J connectivity index is 1.86. The lowest BCUT2D eigenvalue weighted by Gasteiger charge is -2.19. The lowest BCUT2D eigenvalue weighted by molar-refractivity contribution is 0.0370. The maximum absolute atomic E-state index is 11.8. The van der Waals surface area contributed by atoms with Crippen LogP contribution in [0, 0.1) is 0 Å². The van der Waals surface area contributed by atoms with Gasteiger partial charge in [-0.2, -0.15) is 0 Å².